The molecule has 1 N–H and O–H groups in total. The van der Waals surface area contributed by atoms with Crippen molar-refractivity contribution in [2.75, 3.05) is 36.5 Å². The molecule has 2 aliphatic heterocycles. The summed E-state index contributed by atoms with van der Waals surface area (Å²) in [5, 5.41) is 2.92. The van der Waals surface area contributed by atoms with Crippen molar-refractivity contribution in [3.63, 3.8) is 0 Å². The van der Waals surface area contributed by atoms with Gasteiger partial charge in [-0.25, -0.2) is 9.97 Å². The second-order valence-electron chi connectivity index (χ2n) is 7.82. The maximum atomic E-state index is 11.9. The fourth-order valence-corrected chi connectivity index (χ4v) is 4.41. The monoisotopic (exact) mass is 411 g/mol. The minimum absolute atomic E-state index is 0.0346. The van der Waals surface area contributed by atoms with Gasteiger partial charge < -0.3 is 15.0 Å². The van der Waals surface area contributed by atoms with Gasteiger partial charge in [-0.3, -0.25) is 9.20 Å². The van der Waals surface area contributed by atoms with Crippen LogP contribution in [0.15, 0.2) is 60.9 Å². The summed E-state index contributed by atoms with van der Waals surface area (Å²) in [6, 6.07) is 16.3. The molecule has 1 fully saturated rings. The first-order valence-electron chi connectivity index (χ1n) is 10.5. The number of carbonyl (C=O) groups is 1. The minimum Gasteiger partial charge on any atom is -0.378 e. The molecule has 7 nitrogen and oxygen atoms in total. The zero-order chi connectivity index (χ0) is 20.8. The fourth-order valence-electron chi connectivity index (χ4n) is 4.41. The molecule has 154 valence electrons. The van der Waals surface area contributed by atoms with Gasteiger partial charge in [0.15, 0.2) is 11.5 Å². The zero-order valence-corrected chi connectivity index (χ0v) is 16.9. The summed E-state index contributed by atoms with van der Waals surface area (Å²) < 4.78 is 7.64. The lowest BCUT2D eigenvalue weighted by Gasteiger charge is -2.27. The molecule has 0 aliphatic carbocycles. The van der Waals surface area contributed by atoms with Crippen molar-refractivity contribution in [1.82, 2.24) is 14.4 Å². The third-order valence-corrected chi connectivity index (χ3v) is 5.89. The Balaban J connectivity index is 1.59. The molecule has 0 saturated carbocycles. The fraction of sp³-hybridized carbons (Fsp3) is 0.208. The highest BCUT2D eigenvalue weighted by atomic mass is 16.5. The standard InChI is InChI=1S/C24H21N5O2/c30-20-15-18-14-17(6-7-19(18)26-20)22-21(16-4-2-1-3-5-16)27-24-23(25-8-9-29(22)24)28-10-12-31-13-11-28/h1-9,14H,10-13,15H2,(H,26,30). The topological polar surface area (TPSA) is 71.8 Å². The van der Waals surface area contributed by atoms with E-state index in [-0.39, 0.29) is 5.91 Å². The van der Waals surface area contributed by atoms with Gasteiger partial charge in [0.05, 0.1) is 31.0 Å². The van der Waals surface area contributed by atoms with Gasteiger partial charge >= 0.3 is 0 Å². The van der Waals surface area contributed by atoms with E-state index < -0.39 is 0 Å². The third-order valence-electron chi connectivity index (χ3n) is 5.89. The van der Waals surface area contributed by atoms with Crippen LogP contribution in [0, 0.1) is 0 Å². The lowest BCUT2D eigenvalue weighted by Crippen LogP contribution is -2.37. The Morgan fingerprint density at radius 3 is 2.68 bits per heavy atom. The maximum Gasteiger partial charge on any atom is 0.228 e. The molecule has 1 amide bonds. The molecule has 0 atom stereocenters. The Bertz CT molecular complexity index is 1290. The van der Waals surface area contributed by atoms with Crippen molar-refractivity contribution in [2.45, 2.75) is 6.42 Å². The van der Waals surface area contributed by atoms with Gasteiger partial charge in [0.25, 0.3) is 0 Å². The Hall–Kier alpha value is -3.71. The van der Waals surface area contributed by atoms with E-state index in [1.807, 2.05) is 36.7 Å². The summed E-state index contributed by atoms with van der Waals surface area (Å²) in [6.07, 6.45) is 4.20. The van der Waals surface area contributed by atoms with Crippen molar-refractivity contribution in [3.05, 3.63) is 66.5 Å². The van der Waals surface area contributed by atoms with Crippen LogP contribution >= 0.6 is 0 Å². The van der Waals surface area contributed by atoms with Crippen LogP contribution in [0.5, 0.6) is 0 Å². The van der Waals surface area contributed by atoms with Gasteiger partial charge in [0.1, 0.15) is 0 Å². The second-order valence-corrected chi connectivity index (χ2v) is 7.82. The predicted molar refractivity (Wildman–Crippen MR) is 119 cm³/mol. The van der Waals surface area contributed by atoms with E-state index in [9.17, 15) is 4.79 Å². The molecular formula is C24H21N5O2. The number of hydrogen-bond donors (Lipinski definition) is 1. The number of nitrogens with one attached hydrogen (secondary N) is 1. The minimum atomic E-state index is 0.0346. The maximum absolute atomic E-state index is 11.9. The Morgan fingerprint density at radius 2 is 1.84 bits per heavy atom. The number of carbonyl (C=O) groups excluding carboxylic acids is 1. The van der Waals surface area contributed by atoms with E-state index in [1.54, 1.807) is 0 Å². The van der Waals surface area contributed by atoms with Crippen molar-refractivity contribution in [3.8, 4) is 22.5 Å². The van der Waals surface area contributed by atoms with Crippen molar-refractivity contribution < 1.29 is 9.53 Å². The summed E-state index contributed by atoms with van der Waals surface area (Å²) in [7, 11) is 0. The normalized spacial score (nSPS) is 15.9. The molecule has 1 saturated heterocycles. The number of rotatable bonds is 3. The first-order chi connectivity index (χ1) is 15.3. The number of aromatic nitrogens is 3. The molecule has 6 rings (SSSR count). The highest BCUT2D eigenvalue weighted by Gasteiger charge is 2.24. The Morgan fingerprint density at radius 1 is 1.00 bits per heavy atom. The smallest absolute Gasteiger partial charge is 0.228 e. The number of morpholine rings is 1. The van der Waals surface area contributed by atoms with Crippen molar-refractivity contribution in [1.29, 1.82) is 0 Å². The third kappa shape index (κ3) is 3.05. The predicted octanol–water partition coefficient (Wildman–Crippen LogP) is 3.39. The molecule has 0 unspecified atom stereocenters. The summed E-state index contributed by atoms with van der Waals surface area (Å²) in [5.74, 6) is 0.902. The number of benzene rings is 2. The van der Waals surface area contributed by atoms with Crippen LogP contribution in [0.4, 0.5) is 11.5 Å². The van der Waals surface area contributed by atoms with E-state index in [0.717, 1.165) is 58.3 Å². The highest BCUT2D eigenvalue weighted by Crippen LogP contribution is 2.37. The van der Waals surface area contributed by atoms with E-state index in [2.05, 4.69) is 43.9 Å². The largest absolute Gasteiger partial charge is 0.378 e. The number of ether oxygens (including phenoxy) is 1. The van der Waals surface area contributed by atoms with Gasteiger partial charge in [-0.1, -0.05) is 36.4 Å². The molecule has 4 heterocycles. The molecule has 0 bridgehead atoms. The van der Waals surface area contributed by atoms with Gasteiger partial charge in [0, 0.05) is 42.3 Å². The molecule has 2 aromatic carbocycles. The average molecular weight is 411 g/mol. The van der Waals surface area contributed by atoms with Gasteiger partial charge in [-0.15, -0.1) is 0 Å². The SMILES string of the molecule is O=C1Cc2cc(-c3c(-c4ccccc4)nc4c(N5CCOCC5)nccn34)ccc2N1. The summed E-state index contributed by atoms with van der Waals surface area (Å²) >= 11 is 0. The molecule has 31 heavy (non-hydrogen) atoms. The summed E-state index contributed by atoms with van der Waals surface area (Å²) in [4.78, 5) is 23.8. The van der Waals surface area contributed by atoms with Gasteiger partial charge in [-0.2, -0.15) is 0 Å². The number of nitrogens with zero attached hydrogens (tertiary/aromatic N) is 4. The highest BCUT2D eigenvalue weighted by molar-refractivity contribution is 6.00. The number of hydrogen-bond acceptors (Lipinski definition) is 5. The number of anilines is 2. The first-order valence-corrected chi connectivity index (χ1v) is 10.5. The zero-order valence-electron chi connectivity index (χ0n) is 16.9. The number of imidazole rings is 1. The van der Waals surface area contributed by atoms with Crippen molar-refractivity contribution in [2.24, 2.45) is 0 Å². The molecular weight excluding hydrogens is 390 g/mol. The molecule has 4 aromatic rings. The quantitative estimate of drug-likeness (QED) is 0.560. The average Bonchev–Trinajstić information content (AvgIpc) is 3.39. The lowest BCUT2D eigenvalue weighted by atomic mass is 10.0. The molecule has 0 spiro atoms. The first kappa shape index (κ1) is 18.1. The second kappa shape index (κ2) is 7.21. The van der Waals surface area contributed by atoms with Crippen LogP contribution in [-0.4, -0.2) is 46.6 Å². The molecule has 0 radical (unpaired) electrons. The van der Waals surface area contributed by atoms with Crippen LogP contribution in [0.1, 0.15) is 5.56 Å². The van der Waals surface area contributed by atoms with E-state index in [0.29, 0.717) is 19.6 Å². The molecule has 7 heteroatoms. The van der Waals surface area contributed by atoms with Crippen molar-refractivity contribution >= 4 is 23.1 Å². The number of fused-ring (bicyclic) bond motifs is 2. The Labute approximate surface area is 179 Å². The number of amides is 1. The van der Waals surface area contributed by atoms with Crippen LogP contribution in [-0.2, 0) is 16.0 Å². The van der Waals surface area contributed by atoms with E-state index in [4.69, 9.17) is 9.72 Å². The summed E-state index contributed by atoms with van der Waals surface area (Å²) in [6.45, 7) is 2.96. The van der Waals surface area contributed by atoms with Crippen LogP contribution in [0.25, 0.3) is 28.2 Å². The Kier molecular flexibility index (Phi) is 4.21. The van der Waals surface area contributed by atoms with Crippen LogP contribution in [0.2, 0.25) is 0 Å². The van der Waals surface area contributed by atoms with Crippen LogP contribution < -0.4 is 10.2 Å². The van der Waals surface area contributed by atoms with E-state index in [1.165, 1.54) is 0 Å². The van der Waals surface area contributed by atoms with Gasteiger partial charge in [-0.05, 0) is 17.7 Å². The molecule has 2 aliphatic rings. The summed E-state index contributed by atoms with van der Waals surface area (Å²) in [5.41, 5.74) is 6.71. The molecule has 2 aromatic heterocycles. The van der Waals surface area contributed by atoms with Gasteiger partial charge in [0.2, 0.25) is 5.91 Å². The lowest BCUT2D eigenvalue weighted by molar-refractivity contribution is -0.115. The van der Waals surface area contributed by atoms with E-state index >= 15 is 0 Å². The van der Waals surface area contributed by atoms with Crippen LogP contribution in [0.3, 0.4) is 0 Å².